The first kappa shape index (κ1) is 22.3. The molecule has 1 atom stereocenters. The van der Waals surface area contributed by atoms with Crippen LogP contribution in [0.5, 0.6) is 0 Å². The van der Waals surface area contributed by atoms with Gasteiger partial charge in [-0.05, 0) is 70.8 Å². The molecule has 3 nitrogen and oxygen atoms in total. The predicted octanol–water partition coefficient (Wildman–Crippen LogP) is 8.44. The van der Waals surface area contributed by atoms with Crippen LogP contribution < -0.4 is 15.3 Å². The van der Waals surface area contributed by atoms with Gasteiger partial charge in [0.2, 0.25) is 7.29 Å². The van der Waals surface area contributed by atoms with Crippen LogP contribution in [-0.2, 0) is 4.57 Å². The fraction of sp³-hybridized carbons (Fsp3) is 0. The monoisotopic (exact) mass is 518 g/mol. The van der Waals surface area contributed by atoms with E-state index in [9.17, 15) is 0 Å². The number of fused-ring (bicyclic) bond motifs is 11. The molecule has 8 rings (SSSR count). The Morgan fingerprint density at radius 3 is 1.69 bits per heavy atom. The van der Waals surface area contributed by atoms with Crippen LogP contribution in [0.25, 0.3) is 44.6 Å². The Labute approximate surface area is 227 Å². The molecule has 6 aromatic rings. The lowest BCUT2D eigenvalue weighted by Gasteiger charge is -2.44. The molecule has 1 aromatic heterocycles. The normalized spacial score (nSPS) is 16.4. The molecule has 39 heavy (non-hydrogen) atoms. The summed E-state index contributed by atoms with van der Waals surface area (Å²) in [6.45, 7) is 0. The van der Waals surface area contributed by atoms with Gasteiger partial charge in [-0.15, -0.1) is 0 Å². The largest absolute Gasteiger partial charge is 0.289 e. The Morgan fingerprint density at radius 1 is 0.487 bits per heavy atom. The van der Waals surface area contributed by atoms with Crippen molar-refractivity contribution in [3.63, 3.8) is 0 Å². The zero-order valence-electron chi connectivity index (χ0n) is 21.0. The third-order valence-electron chi connectivity index (χ3n) is 7.84. The van der Waals surface area contributed by atoms with Gasteiger partial charge in [0.1, 0.15) is 0 Å². The second kappa shape index (κ2) is 8.39. The highest BCUT2D eigenvalue weighted by atomic mass is 31.2. The second-order valence-electron chi connectivity index (χ2n) is 9.97. The van der Waals surface area contributed by atoms with E-state index in [4.69, 9.17) is 0 Å². The number of hydrogen-bond acceptors (Lipinski definition) is 2. The first-order valence-corrected chi connectivity index (χ1v) is 14.7. The van der Waals surface area contributed by atoms with Gasteiger partial charge in [-0.1, -0.05) is 84.9 Å². The molecular weight excluding hydrogens is 495 g/mol. The number of pyridine rings is 1. The summed E-state index contributed by atoms with van der Waals surface area (Å²) in [6.07, 6.45) is 1.82. The maximum absolute atomic E-state index is 15.6. The van der Waals surface area contributed by atoms with E-state index in [1.807, 2.05) is 66.9 Å². The molecule has 0 N–H and O–H groups in total. The summed E-state index contributed by atoms with van der Waals surface area (Å²) >= 11 is 0. The lowest BCUT2D eigenvalue weighted by Crippen LogP contribution is -2.37. The van der Waals surface area contributed by atoms with Gasteiger partial charge in [0, 0.05) is 33.5 Å². The predicted molar refractivity (Wildman–Crippen MR) is 161 cm³/mol. The topological polar surface area (TPSA) is 33.2 Å². The van der Waals surface area contributed by atoms with Crippen molar-refractivity contribution in [2.45, 2.75) is 0 Å². The Bertz CT molecular complexity index is 1810. The van der Waals surface area contributed by atoms with E-state index in [1.54, 1.807) is 0 Å². The molecule has 184 valence electrons. The molecule has 2 aliphatic rings. The van der Waals surface area contributed by atoms with Gasteiger partial charge >= 0.3 is 0 Å². The van der Waals surface area contributed by atoms with Gasteiger partial charge < -0.3 is 0 Å². The number of hydrogen-bond donors (Lipinski definition) is 0. The van der Waals surface area contributed by atoms with Crippen molar-refractivity contribution < 1.29 is 4.57 Å². The summed E-state index contributed by atoms with van der Waals surface area (Å²) in [5, 5.41) is 1.76. The molecule has 0 radical (unpaired) electrons. The van der Waals surface area contributed by atoms with Gasteiger partial charge in [-0.3, -0.25) is 14.2 Å². The van der Waals surface area contributed by atoms with Crippen molar-refractivity contribution >= 4 is 29.3 Å². The Hall–Kier alpha value is -4.72. The van der Waals surface area contributed by atoms with Crippen LogP contribution in [0.15, 0.2) is 140 Å². The van der Waals surface area contributed by atoms with Gasteiger partial charge in [-0.2, -0.15) is 0 Å². The van der Waals surface area contributed by atoms with Crippen LogP contribution in [0.4, 0.5) is 11.4 Å². The maximum Gasteiger partial charge on any atom is 0.235 e. The van der Waals surface area contributed by atoms with E-state index in [-0.39, 0.29) is 0 Å². The average molecular weight is 519 g/mol. The minimum absolute atomic E-state index is 0.876. The molecule has 1 unspecified atom stereocenters. The van der Waals surface area contributed by atoms with Crippen LogP contribution in [0.2, 0.25) is 0 Å². The van der Waals surface area contributed by atoms with Crippen molar-refractivity contribution in [2.24, 2.45) is 0 Å². The maximum atomic E-state index is 15.6. The summed E-state index contributed by atoms with van der Waals surface area (Å²) < 4.78 is 17.7. The van der Waals surface area contributed by atoms with Crippen molar-refractivity contribution in [3.8, 4) is 44.6 Å². The second-order valence-corrected chi connectivity index (χ2v) is 12.5. The summed E-state index contributed by atoms with van der Waals surface area (Å²) in [6, 6.07) is 45.7. The summed E-state index contributed by atoms with van der Waals surface area (Å²) in [4.78, 5) is 4.58. The third kappa shape index (κ3) is 3.17. The smallest absolute Gasteiger partial charge is 0.235 e. The first-order valence-electron chi connectivity index (χ1n) is 13.1. The van der Waals surface area contributed by atoms with Crippen molar-refractivity contribution in [3.05, 3.63) is 140 Å². The molecule has 3 heterocycles. The molecule has 0 amide bonds. The number of benzene rings is 5. The standard InChI is InChI=1S/C35H23N2OP/c38-39-34-15-6-4-12-27(34)29-22-25(24-10-2-1-3-11-24)17-19-32(29)37(39)33-20-18-26(31-14-8-9-21-36-31)23-30(33)28-13-5-7-16-35(28)39/h1-23H. The lowest BCUT2D eigenvalue weighted by molar-refractivity contribution is 0.586. The van der Waals surface area contributed by atoms with Crippen LogP contribution in [-0.4, -0.2) is 4.98 Å². The average Bonchev–Trinajstić information content (AvgIpc) is 3.02. The van der Waals surface area contributed by atoms with Crippen molar-refractivity contribution in [1.29, 1.82) is 0 Å². The van der Waals surface area contributed by atoms with Crippen LogP contribution in [0.3, 0.4) is 0 Å². The highest BCUT2D eigenvalue weighted by molar-refractivity contribution is 7.81. The molecular formula is C35H23N2OP. The third-order valence-corrected chi connectivity index (χ3v) is 10.9. The number of anilines is 2. The molecule has 4 heteroatoms. The molecule has 0 aliphatic carbocycles. The van der Waals surface area contributed by atoms with Gasteiger partial charge in [0.25, 0.3) is 0 Å². The van der Waals surface area contributed by atoms with E-state index in [0.717, 1.165) is 66.6 Å². The zero-order valence-corrected chi connectivity index (χ0v) is 21.9. The van der Waals surface area contributed by atoms with Crippen LogP contribution >= 0.6 is 7.29 Å². The van der Waals surface area contributed by atoms with Crippen molar-refractivity contribution in [2.75, 3.05) is 4.67 Å². The quantitative estimate of drug-likeness (QED) is 0.216. The van der Waals surface area contributed by atoms with E-state index >= 15 is 4.57 Å². The summed E-state index contributed by atoms with van der Waals surface area (Å²) in [5.74, 6) is 0. The zero-order chi connectivity index (χ0) is 26.0. The number of aromatic nitrogens is 1. The van der Waals surface area contributed by atoms with Gasteiger partial charge in [-0.25, -0.2) is 0 Å². The molecule has 0 bridgehead atoms. The first-order chi connectivity index (χ1) is 19.2. The molecule has 0 saturated carbocycles. The number of rotatable bonds is 2. The fourth-order valence-electron chi connectivity index (χ4n) is 6.09. The SMILES string of the molecule is O=P12c3ccccc3-c3cc(-c4ccccc4)ccc3N1c1ccc(-c3ccccn3)cc1-c1ccccc12. The van der Waals surface area contributed by atoms with E-state index in [1.165, 1.54) is 0 Å². The van der Waals surface area contributed by atoms with E-state index in [2.05, 4.69) is 82.5 Å². The van der Waals surface area contributed by atoms with Crippen LogP contribution in [0, 0.1) is 0 Å². The van der Waals surface area contributed by atoms with E-state index in [0.29, 0.717) is 0 Å². The highest BCUT2D eigenvalue weighted by Gasteiger charge is 2.47. The summed E-state index contributed by atoms with van der Waals surface area (Å²) in [7, 11) is -3.22. The number of nitrogens with zero attached hydrogens (tertiary/aromatic N) is 2. The van der Waals surface area contributed by atoms with Gasteiger partial charge in [0.05, 0.1) is 17.1 Å². The lowest BCUT2D eigenvalue weighted by atomic mass is 9.95. The van der Waals surface area contributed by atoms with Crippen molar-refractivity contribution in [1.82, 2.24) is 4.98 Å². The highest BCUT2D eigenvalue weighted by Crippen LogP contribution is 2.66. The Morgan fingerprint density at radius 2 is 1.05 bits per heavy atom. The molecule has 0 spiro atoms. The minimum Gasteiger partial charge on any atom is -0.289 e. The Balaban J connectivity index is 1.43. The molecule has 5 aromatic carbocycles. The molecule has 0 fully saturated rings. The minimum atomic E-state index is -3.22. The fourth-order valence-corrected chi connectivity index (χ4v) is 9.35. The molecule has 0 saturated heterocycles. The summed E-state index contributed by atoms with van der Waals surface area (Å²) in [5.41, 5.74) is 10.4. The Kier molecular flexibility index (Phi) is 4.79. The van der Waals surface area contributed by atoms with Crippen LogP contribution in [0.1, 0.15) is 0 Å². The van der Waals surface area contributed by atoms with E-state index < -0.39 is 7.29 Å². The molecule has 2 aliphatic heterocycles. The van der Waals surface area contributed by atoms with Gasteiger partial charge in [0.15, 0.2) is 0 Å².